The van der Waals surface area contributed by atoms with Gasteiger partial charge < -0.3 is 14.4 Å². The zero-order valence-corrected chi connectivity index (χ0v) is 9.46. The van der Waals surface area contributed by atoms with Crippen LogP contribution < -0.4 is 4.90 Å². The monoisotopic (exact) mass is 231 g/mol. The molecule has 0 unspecified atom stereocenters. The van der Waals surface area contributed by atoms with Crippen LogP contribution >= 0.6 is 0 Å². The Morgan fingerprint density at radius 1 is 1.24 bits per heavy atom. The van der Waals surface area contributed by atoms with Gasteiger partial charge in [-0.15, -0.1) is 0 Å². The molecule has 1 aromatic carbocycles. The molecule has 2 aromatic rings. The highest BCUT2D eigenvalue weighted by Gasteiger charge is 2.10. The topological polar surface area (TPSA) is 53.7 Å². The number of anilines is 1. The number of furan rings is 1. The molecule has 0 saturated carbocycles. The maximum atomic E-state index is 10.7. The van der Waals surface area contributed by atoms with E-state index in [2.05, 4.69) is 0 Å². The number of hydrogen-bond acceptors (Lipinski definition) is 3. The molecule has 4 nitrogen and oxygen atoms in total. The fraction of sp³-hybridized carbons (Fsp3) is 0.154. The average Bonchev–Trinajstić information content (AvgIpc) is 2.79. The minimum Gasteiger partial charge on any atom is -0.475 e. The molecule has 0 aliphatic carbocycles. The lowest BCUT2D eigenvalue weighted by Crippen LogP contribution is -2.15. The van der Waals surface area contributed by atoms with Crippen molar-refractivity contribution in [3.05, 3.63) is 54.0 Å². The molecule has 0 aliphatic rings. The van der Waals surface area contributed by atoms with Crippen LogP contribution in [0.5, 0.6) is 0 Å². The molecule has 0 atom stereocenters. The summed E-state index contributed by atoms with van der Waals surface area (Å²) in [6.45, 7) is 0.539. The summed E-state index contributed by atoms with van der Waals surface area (Å²) in [5, 5.41) is 8.74. The first-order chi connectivity index (χ1) is 8.16. The SMILES string of the molecule is CN(Cc1ccc(C(=O)O)o1)c1ccccc1. The first-order valence-corrected chi connectivity index (χ1v) is 5.25. The molecule has 0 bridgehead atoms. The van der Waals surface area contributed by atoms with Gasteiger partial charge in [0, 0.05) is 12.7 Å². The van der Waals surface area contributed by atoms with E-state index in [0.29, 0.717) is 12.3 Å². The number of hydrogen-bond donors (Lipinski definition) is 1. The van der Waals surface area contributed by atoms with Crippen molar-refractivity contribution in [3.8, 4) is 0 Å². The molecule has 2 rings (SSSR count). The second-order valence-electron chi connectivity index (χ2n) is 3.76. The molecule has 0 fully saturated rings. The summed E-state index contributed by atoms with van der Waals surface area (Å²) < 4.78 is 5.20. The van der Waals surface area contributed by atoms with Crippen molar-refractivity contribution in [2.45, 2.75) is 6.54 Å². The van der Waals surface area contributed by atoms with Gasteiger partial charge in [-0.1, -0.05) is 18.2 Å². The minimum atomic E-state index is -1.04. The molecule has 0 spiro atoms. The number of carboxylic acids is 1. The molecule has 1 heterocycles. The maximum absolute atomic E-state index is 10.7. The van der Waals surface area contributed by atoms with Gasteiger partial charge in [-0.2, -0.15) is 0 Å². The van der Waals surface area contributed by atoms with Crippen LogP contribution in [0.2, 0.25) is 0 Å². The fourth-order valence-corrected chi connectivity index (χ4v) is 1.59. The van der Waals surface area contributed by atoms with Crippen LogP contribution in [0.25, 0.3) is 0 Å². The van der Waals surface area contributed by atoms with E-state index >= 15 is 0 Å². The molecule has 1 N–H and O–H groups in total. The van der Waals surface area contributed by atoms with E-state index in [-0.39, 0.29) is 5.76 Å². The minimum absolute atomic E-state index is 0.0264. The fourth-order valence-electron chi connectivity index (χ4n) is 1.59. The Hall–Kier alpha value is -2.23. The van der Waals surface area contributed by atoms with Gasteiger partial charge in [-0.05, 0) is 24.3 Å². The Morgan fingerprint density at radius 3 is 2.53 bits per heavy atom. The average molecular weight is 231 g/mol. The molecule has 0 radical (unpaired) electrons. The van der Waals surface area contributed by atoms with Crippen molar-refractivity contribution in [2.24, 2.45) is 0 Å². The summed E-state index contributed by atoms with van der Waals surface area (Å²) in [7, 11) is 1.93. The molecule has 4 heteroatoms. The van der Waals surface area contributed by atoms with Crippen LogP contribution in [0.1, 0.15) is 16.3 Å². The highest BCUT2D eigenvalue weighted by Crippen LogP contribution is 2.16. The highest BCUT2D eigenvalue weighted by molar-refractivity contribution is 5.84. The zero-order chi connectivity index (χ0) is 12.3. The largest absolute Gasteiger partial charge is 0.475 e. The quantitative estimate of drug-likeness (QED) is 0.878. The maximum Gasteiger partial charge on any atom is 0.371 e. The van der Waals surface area contributed by atoms with Gasteiger partial charge in [-0.25, -0.2) is 4.79 Å². The lowest BCUT2D eigenvalue weighted by atomic mass is 10.3. The molecule has 0 saturated heterocycles. The van der Waals surface area contributed by atoms with Gasteiger partial charge in [0.15, 0.2) is 0 Å². The first kappa shape index (κ1) is 11.3. The van der Waals surface area contributed by atoms with E-state index in [1.54, 1.807) is 6.07 Å². The molecule has 0 aliphatic heterocycles. The van der Waals surface area contributed by atoms with E-state index in [1.807, 2.05) is 42.3 Å². The lowest BCUT2D eigenvalue weighted by molar-refractivity contribution is 0.0660. The van der Waals surface area contributed by atoms with Crippen molar-refractivity contribution in [3.63, 3.8) is 0 Å². The second-order valence-corrected chi connectivity index (χ2v) is 3.76. The van der Waals surface area contributed by atoms with Crippen LogP contribution in [-0.4, -0.2) is 18.1 Å². The van der Waals surface area contributed by atoms with Gasteiger partial charge in [0.05, 0.1) is 6.54 Å². The Morgan fingerprint density at radius 2 is 1.94 bits per heavy atom. The Balaban J connectivity index is 2.08. The molecular formula is C13H13NO3. The van der Waals surface area contributed by atoms with Gasteiger partial charge in [0.1, 0.15) is 5.76 Å². The number of carbonyl (C=O) groups is 1. The predicted octanol–water partition coefficient (Wildman–Crippen LogP) is 2.61. The van der Waals surface area contributed by atoms with Crippen molar-refractivity contribution in [1.29, 1.82) is 0 Å². The lowest BCUT2D eigenvalue weighted by Gasteiger charge is -2.17. The van der Waals surface area contributed by atoms with Crippen molar-refractivity contribution >= 4 is 11.7 Å². The normalized spacial score (nSPS) is 10.2. The summed E-state index contributed by atoms with van der Waals surface area (Å²) in [6.07, 6.45) is 0. The smallest absolute Gasteiger partial charge is 0.371 e. The van der Waals surface area contributed by atoms with E-state index in [1.165, 1.54) is 6.07 Å². The first-order valence-electron chi connectivity index (χ1n) is 5.25. The van der Waals surface area contributed by atoms with Crippen LogP contribution in [0, 0.1) is 0 Å². The van der Waals surface area contributed by atoms with Crippen molar-refractivity contribution in [1.82, 2.24) is 0 Å². The molecular weight excluding hydrogens is 218 g/mol. The van der Waals surface area contributed by atoms with E-state index < -0.39 is 5.97 Å². The van der Waals surface area contributed by atoms with Gasteiger partial charge in [0.2, 0.25) is 5.76 Å². The summed E-state index contributed by atoms with van der Waals surface area (Å²) in [5.41, 5.74) is 1.06. The van der Waals surface area contributed by atoms with Gasteiger partial charge >= 0.3 is 5.97 Å². The summed E-state index contributed by atoms with van der Waals surface area (Å²) in [4.78, 5) is 12.7. The van der Waals surface area contributed by atoms with Crippen molar-refractivity contribution < 1.29 is 14.3 Å². The Bertz CT molecular complexity index is 504. The summed E-state index contributed by atoms with van der Waals surface area (Å²) >= 11 is 0. The van der Waals surface area contributed by atoms with E-state index in [9.17, 15) is 4.79 Å². The number of aromatic carboxylic acids is 1. The predicted molar refractivity (Wildman–Crippen MR) is 64.2 cm³/mol. The number of rotatable bonds is 4. The van der Waals surface area contributed by atoms with E-state index in [4.69, 9.17) is 9.52 Å². The number of carboxylic acid groups (broad SMARTS) is 1. The van der Waals surface area contributed by atoms with Crippen LogP contribution in [-0.2, 0) is 6.54 Å². The van der Waals surface area contributed by atoms with Crippen LogP contribution in [0.4, 0.5) is 5.69 Å². The van der Waals surface area contributed by atoms with Gasteiger partial charge in [0.25, 0.3) is 0 Å². The Kier molecular flexibility index (Phi) is 3.14. The van der Waals surface area contributed by atoms with Crippen molar-refractivity contribution in [2.75, 3.05) is 11.9 Å². The number of para-hydroxylation sites is 1. The number of nitrogens with zero attached hydrogens (tertiary/aromatic N) is 1. The standard InChI is InChI=1S/C13H13NO3/c1-14(10-5-3-2-4-6-10)9-11-7-8-12(17-11)13(15)16/h2-8H,9H2,1H3,(H,15,16). The van der Waals surface area contributed by atoms with Crippen LogP contribution in [0.15, 0.2) is 46.9 Å². The summed E-state index contributed by atoms with van der Waals surface area (Å²) in [6, 6.07) is 13.0. The third-order valence-corrected chi connectivity index (χ3v) is 2.46. The Labute approximate surface area is 99.1 Å². The molecule has 0 amide bonds. The molecule has 1 aromatic heterocycles. The van der Waals surface area contributed by atoms with Gasteiger partial charge in [-0.3, -0.25) is 0 Å². The van der Waals surface area contributed by atoms with Crippen LogP contribution in [0.3, 0.4) is 0 Å². The molecule has 88 valence electrons. The highest BCUT2D eigenvalue weighted by atomic mass is 16.4. The molecule has 17 heavy (non-hydrogen) atoms. The third kappa shape index (κ3) is 2.66. The van der Waals surface area contributed by atoms with E-state index in [0.717, 1.165) is 5.69 Å². The zero-order valence-electron chi connectivity index (χ0n) is 9.46. The third-order valence-electron chi connectivity index (χ3n) is 2.46. The number of benzene rings is 1. The second kappa shape index (κ2) is 4.74. The summed E-state index contributed by atoms with van der Waals surface area (Å²) in [5.74, 6) is -0.436.